The molecule has 1 fully saturated rings. The number of hydrogen-bond donors (Lipinski definition) is 0. The van der Waals surface area contributed by atoms with Crippen molar-refractivity contribution < 1.29 is 18.8 Å². The van der Waals surface area contributed by atoms with Gasteiger partial charge in [-0.2, -0.15) is 4.98 Å². The first-order valence-electron chi connectivity index (χ1n) is 9.00. The van der Waals surface area contributed by atoms with E-state index in [0.29, 0.717) is 45.9 Å². The monoisotopic (exact) mass is 397 g/mol. The van der Waals surface area contributed by atoms with Gasteiger partial charge in [-0.1, -0.05) is 28.9 Å². The first-order valence-corrected chi connectivity index (χ1v) is 9.37. The third-order valence-electron chi connectivity index (χ3n) is 4.97. The molecule has 3 aromatic rings. The SMILES string of the molecule is O=C(c1ccc2c(c1)OCO2)N1CCCC1c1nc(-c2ccccc2Cl)no1. The summed E-state index contributed by atoms with van der Waals surface area (Å²) in [5.74, 6) is 1.97. The molecule has 0 N–H and O–H groups in total. The quantitative estimate of drug-likeness (QED) is 0.662. The van der Waals surface area contributed by atoms with Gasteiger partial charge in [-0.3, -0.25) is 4.79 Å². The number of likely N-dealkylation sites (tertiary alicyclic amines) is 1. The molecule has 1 atom stereocenters. The number of hydrogen-bond acceptors (Lipinski definition) is 6. The van der Waals surface area contributed by atoms with E-state index in [2.05, 4.69) is 10.1 Å². The van der Waals surface area contributed by atoms with Crippen molar-refractivity contribution in [2.75, 3.05) is 13.3 Å². The molecule has 142 valence electrons. The third-order valence-corrected chi connectivity index (χ3v) is 5.30. The van der Waals surface area contributed by atoms with Crippen molar-refractivity contribution in [3.05, 3.63) is 58.9 Å². The molecule has 5 rings (SSSR count). The first-order chi connectivity index (χ1) is 13.7. The lowest BCUT2D eigenvalue weighted by molar-refractivity contribution is 0.0709. The van der Waals surface area contributed by atoms with Gasteiger partial charge >= 0.3 is 0 Å². The second-order valence-corrected chi connectivity index (χ2v) is 7.07. The average Bonchev–Trinajstić information content (AvgIpc) is 3.46. The molecule has 3 heterocycles. The summed E-state index contributed by atoms with van der Waals surface area (Å²) in [5, 5.41) is 4.61. The molecule has 0 aliphatic carbocycles. The van der Waals surface area contributed by atoms with Crippen LogP contribution in [0.4, 0.5) is 0 Å². The summed E-state index contributed by atoms with van der Waals surface area (Å²) in [6, 6.07) is 12.3. The molecule has 0 spiro atoms. The fraction of sp³-hybridized carbons (Fsp3) is 0.250. The third kappa shape index (κ3) is 2.88. The zero-order chi connectivity index (χ0) is 19.1. The van der Waals surface area contributed by atoms with E-state index in [-0.39, 0.29) is 18.7 Å². The Bertz CT molecular complexity index is 1050. The molecular formula is C20H16ClN3O4. The van der Waals surface area contributed by atoms with Crippen molar-refractivity contribution in [1.29, 1.82) is 0 Å². The number of nitrogens with zero attached hydrogens (tertiary/aromatic N) is 3. The van der Waals surface area contributed by atoms with Gasteiger partial charge in [-0.05, 0) is 43.2 Å². The van der Waals surface area contributed by atoms with E-state index in [1.807, 2.05) is 18.2 Å². The highest BCUT2D eigenvalue weighted by atomic mass is 35.5. The van der Waals surface area contributed by atoms with Crippen molar-refractivity contribution in [2.45, 2.75) is 18.9 Å². The molecule has 0 radical (unpaired) electrons. The van der Waals surface area contributed by atoms with Crippen LogP contribution in [-0.4, -0.2) is 34.3 Å². The fourth-order valence-corrected chi connectivity index (χ4v) is 3.80. The summed E-state index contributed by atoms with van der Waals surface area (Å²) in [5.41, 5.74) is 1.24. The minimum Gasteiger partial charge on any atom is -0.454 e. The molecule has 1 aromatic heterocycles. The highest BCUT2D eigenvalue weighted by Gasteiger charge is 2.35. The molecule has 28 heavy (non-hydrogen) atoms. The topological polar surface area (TPSA) is 77.7 Å². The predicted molar refractivity (Wildman–Crippen MR) is 100 cm³/mol. The van der Waals surface area contributed by atoms with E-state index in [1.165, 1.54) is 0 Å². The number of halogens is 1. The normalized spacial score (nSPS) is 17.9. The van der Waals surface area contributed by atoms with E-state index in [9.17, 15) is 4.79 Å². The molecule has 0 saturated carbocycles. The summed E-state index contributed by atoms with van der Waals surface area (Å²) in [6.07, 6.45) is 1.63. The van der Waals surface area contributed by atoms with Gasteiger partial charge in [0.2, 0.25) is 18.5 Å². The van der Waals surface area contributed by atoms with Crippen LogP contribution in [0, 0.1) is 0 Å². The summed E-state index contributed by atoms with van der Waals surface area (Å²) in [4.78, 5) is 19.4. The van der Waals surface area contributed by atoms with Crippen LogP contribution in [0.1, 0.15) is 35.1 Å². The molecular weight excluding hydrogens is 382 g/mol. The highest BCUT2D eigenvalue weighted by molar-refractivity contribution is 6.33. The van der Waals surface area contributed by atoms with E-state index in [0.717, 1.165) is 12.8 Å². The Morgan fingerprint density at radius 3 is 2.89 bits per heavy atom. The van der Waals surface area contributed by atoms with Gasteiger partial charge in [-0.25, -0.2) is 0 Å². The number of amides is 1. The Balaban J connectivity index is 1.41. The van der Waals surface area contributed by atoms with Crippen LogP contribution in [-0.2, 0) is 0 Å². The smallest absolute Gasteiger partial charge is 0.254 e. The molecule has 2 aromatic carbocycles. The van der Waals surface area contributed by atoms with Gasteiger partial charge in [0.15, 0.2) is 11.5 Å². The first kappa shape index (κ1) is 17.1. The predicted octanol–water partition coefficient (Wildman–Crippen LogP) is 4.10. The van der Waals surface area contributed by atoms with E-state index in [1.54, 1.807) is 29.2 Å². The van der Waals surface area contributed by atoms with Crippen molar-refractivity contribution in [1.82, 2.24) is 15.0 Å². The maximum Gasteiger partial charge on any atom is 0.254 e. The van der Waals surface area contributed by atoms with Crippen LogP contribution in [0.3, 0.4) is 0 Å². The van der Waals surface area contributed by atoms with E-state index in [4.69, 9.17) is 25.6 Å². The number of fused-ring (bicyclic) bond motifs is 1. The average molecular weight is 398 g/mol. The minimum atomic E-state index is -0.262. The Hall–Kier alpha value is -3.06. The zero-order valence-corrected chi connectivity index (χ0v) is 15.6. The molecule has 1 unspecified atom stereocenters. The standard InChI is InChI=1S/C20H16ClN3O4/c21-14-5-2-1-4-13(14)18-22-19(28-23-18)15-6-3-9-24(15)20(25)12-7-8-16-17(10-12)27-11-26-16/h1-2,4-5,7-8,10,15H,3,6,9,11H2. The molecule has 8 heteroatoms. The lowest BCUT2D eigenvalue weighted by Gasteiger charge is -2.22. The summed E-state index contributed by atoms with van der Waals surface area (Å²) in [7, 11) is 0. The summed E-state index contributed by atoms with van der Waals surface area (Å²) < 4.78 is 16.2. The van der Waals surface area contributed by atoms with E-state index >= 15 is 0 Å². The van der Waals surface area contributed by atoms with Crippen LogP contribution < -0.4 is 9.47 Å². The Morgan fingerprint density at radius 2 is 2.00 bits per heavy atom. The summed E-state index contributed by atoms with van der Waals surface area (Å²) in [6.45, 7) is 0.799. The van der Waals surface area contributed by atoms with Gasteiger partial charge in [0.05, 0.1) is 5.02 Å². The second kappa shape index (κ2) is 6.83. The number of carbonyl (C=O) groups excluding carboxylic acids is 1. The molecule has 0 bridgehead atoms. The number of ether oxygens (including phenoxy) is 2. The number of rotatable bonds is 3. The van der Waals surface area contributed by atoms with Crippen LogP contribution in [0.25, 0.3) is 11.4 Å². The van der Waals surface area contributed by atoms with Crippen LogP contribution >= 0.6 is 11.6 Å². The lowest BCUT2D eigenvalue weighted by atomic mass is 10.1. The van der Waals surface area contributed by atoms with Crippen molar-refractivity contribution in [3.63, 3.8) is 0 Å². The highest BCUT2D eigenvalue weighted by Crippen LogP contribution is 2.37. The van der Waals surface area contributed by atoms with Gasteiger partial charge in [-0.15, -0.1) is 0 Å². The molecule has 2 aliphatic heterocycles. The van der Waals surface area contributed by atoms with Crippen LogP contribution in [0.5, 0.6) is 11.5 Å². The maximum absolute atomic E-state index is 13.1. The van der Waals surface area contributed by atoms with Crippen molar-refractivity contribution >= 4 is 17.5 Å². The Morgan fingerprint density at radius 1 is 1.14 bits per heavy atom. The molecule has 2 aliphatic rings. The number of benzene rings is 2. The van der Waals surface area contributed by atoms with E-state index < -0.39 is 0 Å². The molecule has 7 nitrogen and oxygen atoms in total. The maximum atomic E-state index is 13.1. The lowest BCUT2D eigenvalue weighted by Crippen LogP contribution is -2.30. The van der Waals surface area contributed by atoms with Gasteiger partial charge < -0.3 is 18.9 Å². The Labute approximate surface area is 165 Å². The zero-order valence-electron chi connectivity index (χ0n) is 14.8. The number of carbonyl (C=O) groups is 1. The van der Waals surface area contributed by atoms with Gasteiger partial charge in [0, 0.05) is 17.7 Å². The van der Waals surface area contributed by atoms with Gasteiger partial charge in [0.25, 0.3) is 5.91 Å². The molecule has 1 saturated heterocycles. The largest absolute Gasteiger partial charge is 0.454 e. The molecule has 1 amide bonds. The Kier molecular flexibility index (Phi) is 4.16. The van der Waals surface area contributed by atoms with Crippen LogP contribution in [0.2, 0.25) is 5.02 Å². The van der Waals surface area contributed by atoms with Crippen molar-refractivity contribution in [2.24, 2.45) is 0 Å². The summed E-state index contributed by atoms with van der Waals surface area (Å²) >= 11 is 6.23. The van der Waals surface area contributed by atoms with Crippen molar-refractivity contribution in [3.8, 4) is 22.9 Å². The number of aromatic nitrogens is 2. The fourth-order valence-electron chi connectivity index (χ4n) is 3.58. The van der Waals surface area contributed by atoms with Gasteiger partial charge in [0.1, 0.15) is 6.04 Å². The second-order valence-electron chi connectivity index (χ2n) is 6.66. The van der Waals surface area contributed by atoms with Crippen LogP contribution in [0.15, 0.2) is 47.0 Å². The minimum absolute atomic E-state index is 0.0988.